The highest BCUT2D eigenvalue weighted by atomic mass is 16.4. The van der Waals surface area contributed by atoms with Crippen molar-refractivity contribution in [3.63, 3.8) is 0 Å². The van der Waals surface area contributed by atoms with E-state index in [1.54, 1.807) is 44.3 Å². The number of aliphatic carboxylic acids is 2. The standard InChI is InChI=1S/C47H73N13O13/c1-25(2)39(47(73)57-31(13-6-8-20-49)43(69)58-34(40(51)66)23-38(64)65)60-46(72)35(22-26-24-53-28-11-4-3-10-27(26)28)59-45(71)32(15-17-36(50)61)55-44(70)33(16-18-37(62)63)56-42(68)30(12-5-7-19-48)54-41(67)29-14-9-21-52-29/h3-4,10-11,24-25,29-35,39,52-53H,5-9,12-23,48-49H2,1-2H3,(H2,50,61)(H2,51,66)(H,54,67)(H,55,70)(H,56,68)(H,57,73)(H,58,69)(H,59,71)(H,60,72)(H,62,63)(H,64,65)/t29-,30-,31-,32-,33-,34-,35-,39-/m0/s1. The maximum absolute atomic E-state index is 14.5. The predicted molar refractivity (Wildman–Crippen MR) is 264 cm³/mol. The van der Waals surface area contributed by atoms with Gasteiger partial charge < -0.3 is 80.7 Å². The van der Waals surface area contributed by atoms with Crippen LogP contribution in [0.2, 0.25) is 0 Å². The first-order valence-electron chi connectivity index (χ1n) is 24.5. The summed E-state index contributed by atoms with van der Waals surface area (Å²) in [7, 11) is 0. The molecule has 2 aromatic rings. The normalized spacial score (nSPS) is 16.1. The third kappa shape index (κ3) is 20.5. The van der Waals surface area contributed by atoms with Crippen molar-refractivity contribution in [2.75, 3.05) is 19.6 Å². The van der Waals surface area contributed by atoms with Gasteiger partial charge in [-0.15, -0.1) is 0 Å². The van der Waals surface area contributed by atoms with Gasteiger partial charge in [-0.2, -0.15) is 0 Å². The van der Waals surface area contributed by atoms with Gasteiger partial charge in [0.15, 0.2) is 0 Å². The topological polar surface area (TPSA) is 444 Å². The second-order valence-corrected chi connectivity index (χ2v) is 18.3. The number of nitrogens with two attached hydrogens (primary N) is 4. The summed E-state index contributed by atoms with van der Waals surface area (Å²) in [4.78, 5) is 148. The van der Waals surface area contributed by atoms with Crippen LogP contribution in [-0.4, -0.2) is 148 Å². The van der Waals surface area contributed by atoms with Crippen LogP contribution in [-0.2, 0) is 59.2 Å². The molecule has 3 rings (SSSR count). The van der Waals surface area contributed by atoms with E-state index in [9.17, 15) is 63.0 Å². The number of amides is 9. The lowest BCUT2D eigenvalue weighted by molar-refractivity contribution is -0.140. The van der Waals surface area contributed by atoms with E-state index in [-0.39, 0.29) is 25.8 Å². The molecule has 26 heteroatoms. The Bertz CT molecular complexity index is 2250. The highest BCUT2D eigenvalue weighted by Gasteiger charge is 2.36. The fourth-order valence-electron chi connectivity index (χ4n) is 8.06. The number of para-hydroxylation sites is 1. The first-order chi connectivity index (χ1) is 34.6. The molecule has 404 valence electrons. The number of H-pyrrole nitrogens is 1. The van der Waals surface area contributed by atoms with E-state index in [2.05, 4.69) is 47.5 Å². The molecule has 73 heavy (non-hydrogen) atoms. The predicted octanol–water partition coefficient (Wildman–Crippen LogP) is -3.14. The van der Waals surface area contributed by atoms with Gasteiger partial charge in [-0.05, 0) is 101 Å². The molecule has 0 unspecified atom stereocenters. The molecular formula is C47H73N13O13. The zero-order valence-corrected chi connectivity index (χ0v) is 41.3. The van der Waals surface area contributed by atoms with Crippen molar-refractivity contribution in [1.82, 2.24) is 47.5 Å². The van der Waals surface area contributed by atoms with Gasteiger partial charge in [-0.1, -0.05) is 32.0 Å². The van der Waals surface area contributed by atoms with E-state index >= 15 is 0 Å². The quantitative estimate of drug-likeness (QED) is 0.0308. The second kappa shape index (κ2) is 30.6. The van der Waals surface area contributed by atoms with Crippen LogP contribution in [0, 0.1) is 5.92 Å². The number of unbranched alkanes of at least 4 members (excludes halogenated alkanes) is 2. The minimum atomic E-state index is -1.63. The molecule has 9 amide bonds. The largest absolute Gasteiger partial charge is 0.481 e. The van der Waals surface area contributed by atoms with Gasteiger partial charge in [0, 0.05) is 36.4 Å². The van der Waals surface area contributed by atoms with E-state index in [0.29, 0.717) is 61.7 Å². The zero-order valence-electron chi connectivity index (χ0n) is 41.3. The van der Waals surface area contributed by atoms with Crippen LogP contribution in [0.4, 0.5) is 0 Å². The lowest BCUT2D eigenvalue weighted by Crippen LogP contribution is -2.61. The molecule has 0 radical (unpaired) electrons. The summed E-state index contributed by atoms with van der Waals surface area (Å²) in [5.74, 6) is -11.4. The van der Waals surface area contributed by atoms with Crippen LogP contribution in [0.25, 0.3) is 10.9 Å². The van der Waals surface area contributed by atoms with Crippen LogP contribution >= 0.6 is 0 Å². The number of carbonyl (C=O) groups is 11. The number of carboxylic acids is 2. The number of fused-ring (bicyclic) bond motifs is 1. The van der Waals surface area contributed by atoms with Gasteiger partial charge in [-0.25, -0.2) is 0 Å². The third-order valence-corrected chi connectivity index (χ3v) is 12.1. The first-order valence-corrected chi connectivity index (χ1v) is 24.5. The van der Waals surface area contributed by atoms with Gasteiger partial charge in [-0.3, -0.25) is 52.7 Å². The Morgan fingerprint density at radius 2 is 1.12 bits per heavy atom. The molecule has 2 heterocycles. The minimum absolute atomic E-state index is 0.00529. The average molecular weight is 1030 g/mol. The third-order valence-electron chi connectivity index (χ3n) is 12.1. The van der Waals surface area contributed by atoms with Crippen molar-refractivity contribution in [3.8, 4) is 0 Å². The van der Waals surface area contributed by atoms with E-state index in [1.165, 1.54) is 0 Å². The summed E-state index contributed by atoms with van der Waals surface area (Å²) in [6, 6.07) is -3.69. The van der Waals surface area contributed by atoms with Crippen molar-refractivity contribution in [2.45, 2.75) is 152 Å². The van der Waals surface area contributed by atoms with Crippen LogP contribution < -0.4 is 65.5 Å². The number of aromatic nitrogens is 1. The number of carboxylic acid groups (broad SMARTS) is 2. The van der Waals surface area contributed by atoms with Gasteiger partial charge in [0.2, 0.25) is 53.2 Å². The number of rotatable bonds is 34. The number of benzene rings is 1. The van der Waals surface area contributed by atoms with Gasteiger partial charge in [0.25, 0.3) is 0 Å². The summed E-state index contributed by atoms with van der Waals surface area (Å²) in [5, 5.41) is 40.4. The number of nitrogens with one attached hydrogen (secondary N) is 9. The molecule has 19 N–H and O–H groups in total. The van der Waals surface area contributed by atoms with Crippen molar-refractivity contribution >= 4 is 76.0 Å². The van der Waals surface area contributed by atoms with Crippen molar-refractivity contribution in [3.05, 3.63) is 36.0 Å². The zero-order chi connectivity index (χ0) is 54.2. The highest BCUT2D eigenvalue weighted by Crippen LogP contribution is 2.20. The lowest BCUT2D eigenvalue weighted by atomic mass is 9.99. The maximum Gasteiger partial charge on any atom is 0.305 e. The highest BCUT2D eigenvalue weighted by molar-refractivity contribution is 5.99. The molecule has 26 nitrogen and oxygen atoms in total. The van der Waals surface area contributed by atoms with E-state index < -0.39 is 151 Å². The number of hydrogen-bond acceptors (Lipinski definition) is 14. The molecule has 1 aromatic carbocycles. The Labute approximate surface area is 422 Å². The molecule has 1 aliphatic heterocycles. The number of hydrogen-bond donors (Lipinski definition) is 15. The average Bonchev–Trinajstić information content (AvgIpc) is 4.03. The Morgan fingerprint density at radius 1 is 0.616 bits per heavy atom. The lowest BCUT2D eigenvalue weighted by Gasteiger charge is -2.29. The molecule has 0 saturated carbocycles. The summed E-state index contributed by atoms with van der Waals surface area (Å²) < 4.78 is 0. The molecular weight excluding hydrogens is 955 g/mol. The van der Waals surface area contributed by atoms with Crippen molar-refractivity contribution in [2.24, 2.45) is 28.9 Å². The van der Waals surface area contributed by atoms with Crippen molar-refractivity contribution < 1.29 is 63.0 Å². The summed E-state index contributed by atoms with van der Waals surface area (Å²) in [5.41, 5.74) is 23.3. The molecule has 0 aliphatic carbocycles. The van der Waals surface area contributed by atoms with Crippen LogP contribution in [0.5, 0.6) is 0 Å². The summed E-state index contributed by atoms with van der Waals surface area (Å²) in [6.07, 6.45) is 1.71. The van der Waals surface area contributed by atoms with Gasteiger partial charge >= 0.3 is 11.9 Å². The number of primary amides is 2. The monoisotopic (exact) mass is 1030 g/mol. The number of aromatic amines is 1. The molecule has 0 spiro atoms. The Kier molecular flexibility index (Phi) is 25.2. The fourth-order valence-corrected chi connectivity index (χ4v) is 8.06. The Morgan fingerprint density at radius 3 is 1.63 bits per heavy atom. The second-order valence-electron chi connectivity index (χ2n) is 18.3. The molecule has 1 aromatic heterocycles. The SMILES string of the molecule is CC(C)[C@H](NC(=O)[C@H](Cc1c[nH]c2ccccc12)NC(=O)[C@H](CCC(N)=O)NC(=O)[C@H](CCC(=O)O)NC(=O)[C@H](CCCCN)NC(=O)[C@@H]1CCCN1)C(=O)N[C@@H](CCCCN)C(=O)N[C@@H](CC(=O)O)C(N)=O. The Balaban J connectivity index is 1.96. The van der Waals surface area contributed by atoms with E-state index in [0.717, 1.165) is 6.42 Å². The molecule has 8 atom stereocenters. The van der Waals surface area contributed by atoms with Gasteiger partial charge in [0.05, 0.1) is 12.5 Å². The number of carbonyl (C=O) groups excluding carboxylic acids is 9. The first kappa shape index (κ1) is 60.1. The molecule has 1 saturated heterocycles. The minimum Gasteiger partial charge on any atom is -0.481 e. The van der Waals surface area contributed by atoms with Crippen molar-refractivity contribution in [1.29, 1.82) is 0 Å². The van der Waals surface area contributed by atoms with E-state index in [4.69, 9.17) is 22.9 Å². The summed E-state index contributed by atoms with van der Waals surface area (Å²) >= 11 is 0. The van der Waals surface area contributed by atoms with Crippen LogP contribution in [0.15, 0.2) is 30.5 Å². The van der Waals surface area contributed by atoms with Crippen LogP contribution in [0.1, 0.15) is 103 Å². The Hall–Kier alpha value is -7.19. The van der Waals surface area contributed by atoms with Gasteiger partial charge in [0.1, 0.15) is 42.3 Å². The van der Waals surface area contributed by atoms with Crippen LogP contribution in [0.3, 0.4) is 0 Å². The fraction of sp³-hybridized carbons (Fsp3) is 0.596. The smallest absolute Gasteiger partial charge is 0.305 e. The molecule has 1 fully saturated rings. The molecule has 0 bridgehead atoms. The summed E-state index contributed by atoms with van der Waals surface area (Å²) in [6.45, 7) is 4.34. The van der Waals surface area contributed by atoms with E-state index in [1.807, 2.05) is 0 Å². The molecule has 1 aliphatic rings. The maximum atomic E-state index is 14.5.